The fourth-order valence-electron chi connectivity index (χ4n) is 2.76. The molecule has 6 nitrogen and oxygen atoms in total. The van der Waals surface area contributed by atoms with E-state index in [9.17, 15) is 9.59 Å². The first-order valence-electron chi connectivity index (χ1n) is 7.33. The zero-order chi connectivity index (χ0) is 15.5. The average Bonchev–Trinajstić information content (AvgIpc) is 3.14. The maximum atomic E-state index is 12.0. The van der Waals surface area contributed by atoms with Crippen molar-refractivity contribution in [2.45, 2.75) is 32.2 Å². The molecule has 0 fully saturated rings. The summed E-state index contributed by atoms with van der Waals surface area (Å²) in [6, 6.07) is 3.44. The molecule has 0 saturated heterocycles. The van der Waals surface area contributed by atoms with E-state index in [1.165, 1.54) is 6.26 Å². The van der Waals surface area contributed by atoms with E-state index in [2.05, 4.69) is 10.6 Å². The number of nitrogens with one attached hydrogen (secondary N) is 2. The van der Waals surface area contributed by atoms with Crippen molar-refractivity contribution in [2.75, 3.05) is 6.54 Å². The van der Waals surface area contributed by atoms with Crippen molar-refractivity contribution in [1.82, 2.24) is 10.6 Å². The molecular formula is C16H18N2O4. The normalized spacial score (nSPS) is 16.9. The molecule has 22 heavy (non-hydrogen) atoms. The fourth-order valence-corrected chi connectivity index (χ4v) is 2.76. The van der Waals surface area contributed by atoms with Gasteiger partial charge in [-0.2, -0.15) is 0 Å². The van der Waals surface area contributed by atoms with Gasteiger partial charge in [0.2, 0.25) is 5.91 Å². The van der Waals surface area contributed by atoms with Crippen LogP contribution in [0.2, 0.25) is 0 Å². The van der Waals surface area contributed by atoms with Crippen LogP contribution in [0.1, 0.15) is 46.3 Å². The van der Waals surface area contributed by atoms with Crippen LogP contribution in [0.4, 0.5) is 0 Å². The van der Waals surface area contributed by atoms with Gasteiger partial charge in [-0.1, -0.05) is 0 Å². The second kappa shape index (κ2) is 6.09. The molecule has 2 aromatic heterocycles. The Morgan fingerprint density at radius 3 is 2.86 bits per heavy atom. The first-order chi connectivity index (χ1) is 10.6. The zero-order valence-corrected chi connectivity index (χ0v) is 12.3. The van der Waals surface area contributed by atoms with Crippen molar-refractivity contribution in [2.24, 2.45) is 0 Å². The molecule has 3 rings (SSSR count). The van der Waals surface area contributed by atoms with Crippen LogP contribution in [-0.2, 0) is 11.2 Å². The lowest BCUT2D eigenvalue weighted by Gasteiger charge is -2.22. The van der Waals surface area contributed by atoms with E-state index in [4.69, 9.17) is 8.83 Å². The zero-order valence-electron chi connectivity index (χ0n) is 12.3. The highest BCUT2D eigenvalue weighted by Gasteiger charge is 2.24. The van der Waals surface area contributed by atoms with Crippen molar-refractivity contribution in [3.63, 3.8) is 0 Å². The first kappa shape index (κ1) is 14.4. The molecule has 1 unspecified atom stereocenters. The summed E-state index contributed by atoms with van der Waals surface area (Å²) in [5.74, 6) is 0.949. The van der Waals surface area contributed by atoms with E-state index >= 15 is 0 Å². The minimum atomic E-state index is -0.311. The van der Waals surface area contributed by atoms with Crippen LogP contribution in [0.25, 0.3) is 0 Å². The number of aryl methyl sites for hydroxylation is 2. The van der Waals surface area contributed by atoms with Crippen LogP contribution in [-0.4, -0.2) is 18.4 Å². The summed E-state index contributed by atoms with van der Waals surface area (Å²) < 4.78 is 10.5. The minimum Gasteiger partial charge on any atom is -0.469 e. The Bertz CT molecular complexity index is 686. The van der Waals surface area contributed by atoms with Gasteiger partial charge in [0.25, 0.3) is 5.91 Å². The molecule has 1 aliphatic carbocycles. The lowest BCUT2D eigenvalue weighted by Crippen LogP contribution is -2.39. The molecule has 0 aromatic carbocycles. The molecule has 0 bridgehead atoms. The maximum Gasteiger partial charge on any atom is 0.255 e. The van der Waals surface area contributed by atoms with Gasteiger partial charge in [0.1, 0.15) is 11.5 Å². The Hall–Kier alpha value is -2.50. The predicted octanol–water partition coefficient (Wildman–Crippen LogP) is 2.10. The summed E-state index contributed by atoms with van der Waals surface area (Å²) in [7, 11) is 0. The number of hydrogen-bond donors (Lipinski definition) is 2. The molecule has 6 heteroatoms. The van der Waals surface area contributed by atoms with Crippen LogP contribution in [0.3, 0.4) is 0 Å². The third kappa shape index (κ3) is 2.90. The molecule has 0 aliphatic heterocycles. The van der Waals surface area contributed by atoms with Crippen molar-refractivity contribution in [3.05, 3.63) is 47.3 Å². The fraction of sp³-hybridized carbons (Fsp3) is 0.375. The Labute approximate surface area is 127 Å². The second-order valence-electron chi connectivity index (χ2n) is 5.38. The number of hydrogen-bond acceptors (Lipinski definition) is 4. The van der Waals surface area contributed by atoms with Crippen LogP contribution in [0.15, 0.2) is 33.5 Å². The molecule has 2 amide bonds. The van der Waals surface area contributed by atoms with Gasteiger partial charge >= 0.3 is 0 Å². The van der Waals surface area contributed by atoms with Gasteiger partial charge in [0.15, 0.2) is 0 Å². The van der Waals surface area contributed by atoms with E-state index in [0.717, 1.165) is 30.6 Å². The lowest BCUT2D eigenvalue weighted by atomic mass is 9.93. The number of carbonyl (C=O) groups excluding carboxylic acids is 2. The summed E-state index contributed by atoms with van der Waals surface area (Å²) in [6.07, 6.45) is 5.87. The van der Waals surface area contributed by atoms with Gasteiger partial charge < -0.3 is 19.5 Å². The molecule has 0 spiro atoms. The number of fused-ring (bicyclic) bond motifs is 1. The van der Waals surface area contributed by atoms with Crippen LogP contribution < -0.4 is 10.6 Å². The summed E-state index contributed by atoms with van der Waals surface area (Å²) in [4.78, 5) is 23.9. The third-order valence-electron chi connectivity index (χ3n) is 3.90. The van der Waals surface area contributed by atoms with Crippen molar-refractivity contribution >= 4 is 11.8 Å². The molecule has 2 aromatic rings. The van der Waals surface area contributed by atoms with E-state index in [0.29, 0.717) is 11.3 Å². The van der Waals surface area contributed by atoms with Gasteiger partial charge in [0.05, 0.1) is 30.7 Å². The molecular weight excluding hydrogens is 284 g/mol. The molecule has 0 radical (unpaired) electrons. The van der Waals surface area contributed by atoms with Crippen molar-refractivity contribution < 1.29 is 18.4 Å². The second-order valence-corrected chi connectivity index (χ2v) is 5.38. The molecule has 2 N–H and O–H groups in total. The number of furan rings is 2. The minimum absolute atomic E-state index is 0.0393. The van der Waals surface area contributed by atoms with Crippen molar-refractivity contribution in [3.8, 4) is 0 Å². The van der Waals surface area contributed by atoms with E-state index in [1.54, 1.807) is 19.3 Å². The largest absolute Gasteiger partial charge is 0.469 e. The van der Waals surface area contributed by atoms with Gasteiger partial charge in [-0.25, -0.2) is 0 Å². The first-order valence-corrected chi connectivity index (χ1v) is 7.33. The third-order valence-corrected chi connectivity index (χ3v) is 3.90. The van der Waals surface area contributed by atoms with Gasteiger partial charge in [-0.15, -0.1) is 0 Å². The van der Waals surface area contributed by atoms with Gasteiger partial charge in [-0.05, 0) is 31.9 Å². The average molecular weight is 302 g/mol. The van der Waals surface area contributed by atoms with E-state index in [1.807, 2.05) is 6.07 Å². The molecule has 2 heterocycles. The highest BCUT2D eigenvalue weighted by atomic mass is 16.3. The van der Waals surface area contributed by atoms with E-state index < -0.39 is 0 Å². The number of amides is 2. The Morgan fingerprint density at radius 2 is 2.09 bits per heavy atom. The smallest absolute Gasteiger partial charge is 0.255 e. The number of rotatable bonds is 4. The molecule has 1 aliphatic rings. The lowest BCUT2D eigenvalue weighted by molar-refractivity contribution is -0.121. The van der Waals surface area contributed by atoms with Crippen LogP contribution in [0.5, 0.6) is 0 Å². The summed E-state index contributed by atoms with van der Waals surface area (Å²) >= 11 is 0. The Kier molecular flexibility index (Phi) is 4.00. The van der Waals surface area contributed by atoms with Crippen molar-refractivity contribution in [1.29, 1.82) is 0 Å². The topological polar surface area (TPSA) is 84.5 Å². The molecule has 0 saturated carbocycles. The highest BCUT2D eigenvalue weighted by Crippen LogP contribution is 2.30. The van der Waals surface area contributed by atoms with Gasteiger partial charge in [-0.3, -0.25) is 9.59 Å². The maximum absolute atomic E-state index is 12.0. The number of carbonyl (C=O) groups is 2. The van der Waals surface area contributed by atoms with E-state index in [-0.39, 0.29) is 24.4 Å². The molecule has 116 valence electrons. The highest BCUT2D eigenvalue weighted by molar-refractivity contribution is 5.97. The quantitative estimate of drug-likeness (QED) is 0.906. The summed E-state index contributed by atoms with van der Waals surface area (Å²) in [5.41, 5.74) is 1.49. The Balaban J connectivity index is 1.54. The van der Waals surface area contributed by atoms with Crippen LogP contribution in [0, 0.1) is 6.92 Å². The molecule has 1 atom stereocenters. The monoisotopic (exact) mass is 302 g/mol. The Morgan fingerprint density at radius 1 is 1.27 bits per heavy atom. The van der Waals surface area contributed by atoms with Crippen LogP contribution >= 0.6 is 0 Å². The summed E-state index contributed by atoms with van der Waals surface area (Å²) in [6.45, 7) is 1.64. The SMILES string of the molecule is Cc1occc1C(=O)NCC(=O)NC1CCCc2occc21. The predicted molar refractivity (Wildman–Crippen MR) is 78.3 cm³/mol. The summed E-state index contributed by atoms with van der Waals surface area (Å²) in [5, 5.41) is 5.54. The standard InChI is InChI=1S/C16H18N2O4/c1-10-11(5-7-21-10)16(20)17-9-15(19)18-13-3-2-4-14-12(13)6-8-22-14/h5-8,13H,2-4,9H2,1H3,(H,17,20)(H,18,19). The van der Waals surface area contributed by atoms with Gasteiger partial charge in [0, 0.05) is 12.0 Å².